The lowest BCUT2D eigenvalue weighted by atomic mass is 10.1. The minimum absolute atomic E-state index is 0.0456. The summed E-state index contributed by atoms with van der Waals surface area (Å²) in [6.07, 6.45) is 0. The molecule has 0 saturated carbocycles. The number of esters is 1. The molecule has 0 amide bonds. The van der Waals surface area contributed by atoms with Crippen molar-refractivity contribution in [2.24, 2.45) is 0 Å². The zero-order chi connectivity index (χ0) is 12.3. The molecule has 1 fully saturated rings. The van der Waals surface area contributed by atoms with Crippen molar-refractivity contribution < 1.29 is 14.6 Å². The van der Waals surface area contributed by atoms with Crippen molar-refractivity contribution in [2.45, 2.75) is 0 Å². The van der Waals surface area contributed by atoms with Crippen LogP contribution in [0.4, 0.5) is 5.69 Å². The second kappa shape index (κ2) is 5.05. The molecule has 1 saturated heterocycles. The molecule has 0 unspecified atom stereocenters. The van der Waals surface area contributed by atoms with Crippen molar-refractivity contribution in [1.82, 2.24) is 5.32 Å². The van der Waals surface area contributed by atoms with Gasteiger partial charge in [0, 0.05) is 31.9 Å². The maximum Gasteiger partial charge on any atom is 0.341 e. The average molecular weight is 236 g/mol. The summed E-state index contributed by atoms with van der Waals surface area (Å²) in [4.78, 5) is 13.6. The maximum absolute atomic E-state index is 11.5. The van der Waals surface area contributed by atoms with Crippen LogP contribution in [0.25, 0.3) is 0 Å². The highest BCUT2D eigenvalue weighted by Gasteiger charge is 2.16. The van der Waals surface area contributed by atoms with E-state index in [0.717, 1.165) is 31.9 Å². The third kappa shape index (κ3) is 2.50. The van der Waals surface area contributed by atoms with E-state index in [1.807, 2.05) is 6.07 Å². The number of hydrogen-bond acceptors (Lipinski definition) is 5. The van der Waals surface area contributed by atoms with E-state index >= 15 is 0 Å². The van der Waals surface area contributed by atoms with Crippen LogP contribution >= 0.6 is 0 Å². The van der Waals surface area contributed by atoms with E-state index in [0.29, 0.717) is 0 Å². The number of phenols is 1. The van der Waals surface area contributed by atoms with Gasteiger partial charge in [-0.2, -0.15) is 0 Å². The first-order valence-corrected chi connectivity index (χ1v) is 5.59. The van der Waals surface area contributed by atoms with Crippen LogP contribution in [0, 0.1) is 0 Å². The van der Waals surface area contributed by atoms with Gasteiger partial charge in [0.1, 0.15) is 11.3 Å². The van der Waals surface area contributed by atoms with E-state index in [1.54, 1.807) is 6.07 Å². The highest BCUT2D eigenvalue weighted by atomic mass is 16.5. The molecule has 5 nitrogen and oxygen atoms in total. The summed E-state index contributed by atoms with van der Waals surface area (Å²) in [5.74, 6) is -0.560. The molecular weight excluding hydrogens is 220 g/mol. The summed E-state index contributed by atoms with van der Waals surface area (Å²) in [6.45, 7) is 3.64. The SMILES string of the molecule is COC(=O)c1cc(N2CCNCC2)ccc1O. The molecule has 92 valence electrons. The summed E-state index contributed by atoms with van der Waals surface area (Å²) in [5.41, 5.74) is 1.15. The summed E-state index contributed by atoms with van der Waals surface area (Å²) in [6, 6.07) is 5.02. The number of benzene rings is 1. The van der Waals surface area contributed by atoms with E-state index in [2.05, 4.69) is 15.0 Å². The largest absolute Gasteiger partial charge is 0.507 e. The number of carbonyl (C=O) groups is 1. The molecule has 0 aromatic heterocycles. The highest BCUT2D eigenvalue weighted by Crippen LogP contribution is 2.24. The van der Waals surface area contributed by atoms with Gasteiger partial charge in [0.25, 0.3) is 0 Å². The van der Waals surface area contributed by atoms with Gasteiger partial charge in [0.2, 0.25) is 0 Å². The number of methoxy groups -OCH3 is 1. The molecule has 0 spiro atoms. The molecule has 2 N–H and O–H groups in total. The first-order chi connectivity index (χ1) is 8.22. The minimum atomic E-state index is -0.514. The number of ether oxygens (including phenoxy) is 1. The van der Waals surface area contributed by atoms with Gasteiger partial charge >= 0.3 is 5.97 Å². The zero-order valence-electron chi connectivity index (χ0n) is 9.77. The van der Waals surface area contributed by atoms with Crippen molar-refractivity contribution in [3.8, 4) is 5.75 Å². The number of aromatic hydroxyl groups is 1. The summed E-state index contributed by atoms with van der Waals surface area (Å²) in [7, 11) is 1.30. The normalized spacial score (nSPS) is 15.7. The van der Waals surface area contributed by atoms with Gasteiger partial charge in [-0.1, -0.05) is 0 Å². The second-order valence-corrected chi connectivity index (χ2v) is 3.93. The van der Waals surface area contributed by atoms with Crippen LogP contribution in [0.2, 0.25) is 0 Å². The Bertz CT molecular complexity index is 414. The number of rotatable bonds is 2. The smallest absolute Gasteiger partial charge is 0.341 e. The van der Waals surface area contributed by atoms with E-state index in [-0.39, 0.29) is 11.3 Å². The third-order valence-electron chi connectivity index (χ3n) is 2.87. The van der Waals surface area contributed by atoms with Crippen molar-refractivity contribution >= 4 is 11.7 Å². The standard InChI is InChI=1S/C12H16N2O3/c1-17-12(16)10-8-9(2-3-11(10)15)14-6-4-13-5-7-14/h2-3,8,13,15H,4-7H2,1H3. The third-order valence-corrected chi connectivity index (χ3v) is 2.87. The number of piperazine rings is 1. The number of nitrogens with one attached hydrogen (secondary N) is 1. The van der Waals surface area contributed by atoms with Crippen molar-refractivity contribution in [3.05, 3.63) is 23.8 Å². The van der Waals surface area contributed by atoms with Crippen LogP contribution in [0.5, 0.6) is 5.75 Å². The molecule has 1 aromatic carbocycles. The molecule has 5 heteroatoms. The summed E-state index contributed by atoms with van der Waals surface area (Å²) < 4.78 is 4.63. The molecule has 17 heavy (non-hydrogen) atoms. The average Bonchev–Trinajstić information content (AvgIpc) is 2.39. The fourth-order valence-electron chi connectivity index (χ4n) is 1.92. The fourth-order valence-corrected chi connectivity index (χ4v) is 1.92. The van der Waals surface area contributed by atoms with Gasteiger partial charge in [-0.25, -0.2) is 4.79 Å². The van der Waals surface area contributed by atoms with Gasteiger partial charge in [0.15, 0.2) is 0 Å². The van der Waals surface area contributed by atoms with E-state index in [9.17, 15) is 9.90 Å². The number of hydrogen-bond donors (Lipinski definition) is 2. The quantitative estimate of drug-likeness (QED) is 0.736. The van der Waals surface area contributed by atoms with Crippen LogP contribution in [0.15, 0.2) is 18.2 Å². The van der Waals surface area contributed by atoms with Gasteiger partial charge in [-0.15, -0.1) is 0 Å². The van der Waals surface area contributed by atoms with Gasteiger partial charge in [0.05, 0.1) is 7.11 Å². The minimum Gasteiger partial charge on any atom is -0.507 e. The fraction of sp³-hybridized carbons (Fsp3) is 0.417. The van der Waals surface area contributed by atoms with Crippen molar-refractivity contribution in [3.63, 3.8) is 0 Å². The lowest BCUT2D eigenvalue weighted by Crippen LogP contribution is -2.43. The predicted octanol–water partition coefficient (Wildman–Crippen LogP) is 0.588. The molecule has 1 aromatic rings. The molecule has 0 bridgehead atoms. The summed E-state index contributed by atoms with van der Waals surface area (Å²) >= 11 is 0. The Labute approximate surface area is 100.0 Å². The topological polar surface area (TPSA) is 61.8 Å². The molecule has 1 heterocycles. The Morgan fingerprint density at radius 3 is 2.76 bits per heavy atom. The van der Waals surface area contributed by atoms with E-state index in [4.69, 9.17) is 0 Å². The number of carbonyl (C=O) groups excluding carboxylic acids is 1. The van der Waals surface area contributed by atoms with Crippen LogP contribution in [0.1, 0.15) is 10.4 Å². The first-order valence-electron chi connectivity index (χ1n) is 5.59. The molecule has 0 atom stereocenters. The number of phenolic OH excluding ortho intramolecular Hbond substituents is 1. The van der Waals surface area contributed by atoms with E-state index < -0.39 is 5.97 Å². The maximum atomic E-state index is 11.5. The van der Waals surface area contributed by atoms with E-state index in [1.165, 1.54) is 13.2 Å². The lowest BCUT2D eigenvalue weighted by molar-refractivity contribution is 0.0597. The predicted molar refractivity (Wildman–Crippen MR) is 64.5 cm³/mol. The molecule has 0 aliphatic carbocycles. The lowest BCUT2D eigenvalue weighted by Gasteiger charge is -2.29. The Balaban J connectivity index is 2.26. The monoisotopic (exact) mass is 236 g/mol. The number of anilines is 1. The van der Waals surface area contributed by atoms with Gasteiger partial charge in [-0.05, 0) is 18.2 Å². The Kier molecular flexibility index (Phi) is 3.49. The molecule has 1 aliphatic rings. The van der Waals surface area contributed by atoms with Gasteiger partial charge < -0.3 is 20.1 Å². The number of nitrogens with zero attached hydrogens (tertiary/aromatic N) is 1. The van der Waals surface area contributed by atoms with Crippen LogP contribution in [-0.2, 0) is 4.74 Å². The Hall–Kier alpha value is -1.75. The zero-order valence-corrected chi connectivity index (χ0v) is 9.77. The van der Waals surface area contributed by atoms with Crippen molar-refractivity contribution in [1.29, 1.82) is 0 Å². The van der Waals surface area contributed by atoms with Crippen LogP contribution < -0.4 is 10.2 Å². The molecule has 1 aliphatic heterocycles. The summed E-state index contributed by atoms with van der Waals surface area (Å²) in [5, 5.41) is 12.9. The Morgan fingerprint density at radius 2 is 2.12 bits per heavy atom. The first kappa shape index (κ1) is 11.7. The Morgan fingerprint density at radius 1 is 1.41 bits per heavy atom. The van der Waals surface area contributed by atoms with Gasteiger partial charge in [-0.3, -0.25) is 0 Å². The van der Waals surface area contributed by atoms with Crippen molar-refractivity contribution in [2.75, 3.05) is 38.2 Å². The molecular formula is C12H16N2O3. The molecule has 2 rings (SSSR count). The second-order valence-electron chi connectivity index (χ2n) is 3.93. The highest BCUT2D eigenvalue weighted by molar-refractivity contribution is 5.93. The molecule has 0 radical (unpaired) electrons. The van der Waals surface area contributed by atoms with Crippen LogP contribution in [0.3, 0.4) is 0 Å². The van der Waals surface area contributed by atoms with Crippen LogP contribution in [-0.4, -0.2) is 44.4 Å².